The molecule has 1 fully saturated rings. The van der Waals surface area contributed by atoms with Gasteiger partial charge in [0.2, 0.25) is 5.91 Å². The Kier molecular flexibility index (Phi) is 10.8. The number of ether oxygens (including phenoxy) is 1. The minimum atomic E-state index is -3.73. The van der Waals surface area contributed by atoms with E-state index < -0.39 is 62.8 Å². The summed E-state index contributed by atoms with van der Waals surface area (Å²) in [5.74, 6) is -3.64. The maximum Gasteiger partial charge on any atom is 0.407 e. The monoisotopic (exact) mass is 595 g/mol. The number of aliphatic hydroxyl groups excluding tert-OH is 1. The van der Waals surface area contributed by atoms with Gasteiger partial charge in [-0.25, -0.2) is 22.0 Å². The van der Waals surface area contributed by atoms with E-state index >= 15 is 0 Å². The fourth-order valence-electron chi connectivity index (χ4n) is 4.94. The van der Waals surface area contributed by atoms with Gasteiger partial charge in [0.05, 0.1) is 30.3 Å². The third kappa shape index (κ3) is 8.70. The Morgan fingerprint density at radius 3 is 2.44 bits per heavy atom. The normalized spacial score (nSPS) is 19.7. The maximum atomic E-state index is 13.9. The van der Waals surface area contributed by atoms with Crippen molar-refractivity contribution in [3.05, 3.63) is 70.8 Å². The zero-order chi connectivity index (χ0) is 30.4. The van der Waals surface area contributed by atoms with E-state index in [0.29, 0.717) is 18.4 Å². The van der Waals surface area contributed by atoms with E-state index in [9.17, 15) is 31.9 Å². The summed E-state index contributed by atoms with van der Waals surface area (Å²) in [6.07, 6.45) is -0.320. The number of carbonyl (C=O) groups is 2. The van der Waals surface area contributed by atoms with Crippen LogP contribution in [0, 0.1) is 11.6 Å². The van der Waals surface area contributed by atoms with Crippen LogP contribution in [-0.4, -0.2) is 73.3 Å². The number of aliphatic hydroxyl groups is 1. The van der Waals surface area contributed by atoms with E-state index in [0.717, 1.165) is 42.9 Å². The van der Waals surface area contributed by atoms with Crippen LogP contribution < -0.4 is 11.1 Å². The second-order valence-corrected chi connectivity index (χ2v) is 12.9. The van der Waals surface area contributed by atoms with Crippen LogP contribution in [0.2, 0.25) is 0 Å². The molecule has 1 saturated carbocycles. The predicted molar refractivity (Wildman–Crippen MR) is 151 cm³/mol. The lowest BCUT2D eigenvalue weighted by atomic mass is 10.0. The van der Waals surface area contributed by atoms with Gasteiger partial charge in [-0.3, -0.25) is 4.79 Å². The van der Waals surface area contributed by atoms with Crippen LogP contribution >= 0.6 is 0 Å². The van der Waals surface area contributed by atoms with E-state index in [-0.39, 0.29) is 25.3 Å². The molecule has 0 aliphatic heterocycles. The van der Waals surface area contributed by atoms with E-state index in [1.807, 2.05) is 32.0 Å². The number of hydrogen-bond acceptors (Lipinski definition) is 7. The second-order valence-electron chi connectivity index (χ2n) is 10.6. The highest BCUT2D eigenvalue weighted by atomic mass is 32.2. The van der Waals surface area contributed by atoms with Crippen molar-refractivity contribution in [3.63, 3.8) is 0 Å². The molecule has 1 aliphatic rings. The molecule has 1 aliphatic carbocycles. The minimum absolute atomic E-state index is 0.00651. The number of halogens is 2. The van der Waals surface area contributed by atoms with Gasteiger partial charge in [-0.1, -0.05) is 44.5 Å². The number of aryl methyl sites for hydroxylation is 1. The molecule has 3 rings (SSSR count). The summed E-state index contributed by atoms with van der Waals surface area (Å²) in [5.41, 5.74) is 7.22. The van der Waals surface area contributed by atoms with Crippen LogP contribution in [0.1, 0.15) is 55.7 Å². The highest BCUT2D eigenvalue weighted by Crippen LogP contribution is 2.52. The predicted octanol–water partition coefficient (Wildman–Crippen LogP) is 3.04. The molecule has 0 heterocycles. The van der Waals surface area contributed by atoms with Crippen LogP contribution in [0.15, 0.2) is 42.5 Å². The molecule has 0 bridgehead atoms. The van der Waals surface area contributed by atoms with E-state index in [4.69, 9.17) is 5.73 Å². The van der Waals surface area contributed by atoms with Crippen molar-refractivity contribution in [1.29, 1.82) is 0 Å². The van der Waals surface area contributed by atoms with Crippen molar-refractivity contribution < 1.29 is 36.6 Å². The Hall–Kier alpha value is -3.09. The number of nitrogens with one attached hydrogen (secondary N) is 1. The molecule has 0 aromatic heterocycles. The van der Waals surface area contributed by atoms with Crippen molar-refractivity contribution in [3.8, 4) is 0 Å². The zero-order valence-corrected chi connectivity index (χ0v) is 24.4. The Morgan fingerprint density at radius 2 is 1.83 bits per heavy atom. The fraction of sp³-hybridized carbons (Fsp3) is 0.517. The number of nitrogens with two attached hydrogens (primary N) is 1. The number of hydrogen-bond donors (Lipinski definition) is 3. The molecule has 2 amide bonds. The number of sulfone groups is 1. The summed E-state index contributed by atoms with van der Waals surface area (Å²) in [6.45, 7) is 3.50. The van der Waals surface area contributed by atoms with Gasteiger partial charge in [-0.2, -0.15) is 0 Å². The average molecular weight is 596 g/mol. The number of alkyl carbamates (subject to hydrolysis) is 1. The number of benzene rings is 2. The molecule has 12 heteroatoms. The summed E-state index contributed by atoms with van der Waals surface area (Å²) in [7, 11) is -2.63. The maximum absolute atomic E-state index is 13.9. The molecule has 2 unspecified atom stereocenters. The SMILES string of the molecule is CCCCS(=O)(=O)C[C@@H](NC(=O)OC)C(=O)N(Cc1cccc(CC)c1)C[C@@H](O)C1(N)CC1c1cc(F)cc(F)c1. The zero-order valence-electron chi connectivity index (χ0n) is 23.6. The van der Waals surface area contributed by atoms with Crippen LogP contribution in [0.5, 0.6) is 0 Å². The summed E-state index contributed by atoms with van der Waals surface area (Å²) < 4.78 is 57.9. The van der Waals surface area contributed by atoms with Gasteiger partial charge in [0, 0.05) is 25.1 Å². The lowest BCUT2D eigenvalue weighted by Crippen LogP contribution is -2.55. The standard InChI is InChI=1S/C29H39F2N3O6S/c1-4-6-10-41(38,39)18-25(33-28(37)40-3)27(36)34(16-20-9-7-8-19(5-2)11-20)17-26(35)29(32)15-24(29)21-12-22(30)14-23(31)13-21/h7-9,11-14,24-26,35H,4-6,10,15-18,32H2,1-3H3,(H,33,37)/t24?,25-,26-,29?/m1/s1. The Balaban J connectivity index is 1.91. The Morgan fingerprint density at radius 1 is 1.17 bits per heavy atom. The first kappa shape index (κ1) is 32.4. The molecule has 4 atom stereocenters. The number of rotatable bonds is 14. The lowest BCUT2D eigenvalue weighted by molar-refractivity contribution is -0.135. The molecule has 4 N–H and O–H groups in total. The Bertz CT molecular complexity index is 1320. The number of methoxy groups -OCH3 is 1. The minimum Gasteiger partial charge on any atom is -0.453 e. The molecular weight excluding hydrogens is 556 g/mol. The summed E-state index contributed by atoms with van der Waals surface area (Å²) in [6, 6.07) is 9.01. The molecule has 41 heavy (non-hydrogen) atoms. The summed E-state index contributed by atoms with van der Waals surface area (Å²) in [4.78, 5) is 27.2. The first-order valence-corrected chi connectivity index (χ1v) is 15.5. The van der Waals surface area contributed by atoms with E-state index in [1.165, 1.54) is 4.90 Å². The van der Waals surface area contributed by atoms with E-state index in [1.54, 1.807) is 6.07 Å². The van der Waals surface area contributed by atoms with Gasteiger partial charge in [0.15, 0.2) is 9.84 Å². The first-order valence-electron chi connectivity index (χ1n) is 13.7. The van der Waals surface area contributed by atoms with Crippen LogP contribution in [-0.2, 0) is 32.3 Å². The molecule has 9 nitrogen and oxygen atoms in total. The lowest BCUT2D eigenvalue weighted by Gasteiger charge is -2.32. The van der Waals surface area contributed by atoms with E-state index in [2.05, 4.69) is 10.1 Å². The highest BCUT2D eigenvalue weighted by Gasteiger charge is 2.57. The molecule has 0 spiro atoms. The third-order valence-corrected chi connectivity index (χ3v) is 9.19. The fourth-order valence-corrected chi connectivity index (χ4v) is 6.57. The highest BCUT2D eigenvalue weighted by molar-refractivity contribution is 7.91. The molecular formula is C29H39F2N3O6S. The third-order valence-electron chi connectivity index (χ3n) is 7.44. The van der Waals surface area contributed by atoms with Gasteiger partial charge in [0.25, 0.3) is 0 Å². The number of carbonyl (C=O) groups excluding carboxylic acids is 2. The van der Waals surface area contributed by atoms with Gasteiger partial charge in [0.1, 0.15) is 17.7 Å². The first-order chi connectivity index (χ1) is 19.3. The summed E-state index contributed by atoms with van der Waals surface area (Å²) in [5, 5.41) is 13.6. The summed E-state index contributed by atoms with van der Waals surface area (Å²) >= 11 is 0. The van der Waals surface area contributed by atoms with Crippen LogP contribution in [0.25, 0.3) is 0 Å². The van der Waals surface area contributed by atoms with Gasteiger partial charge < -0.3 is 25.8 Å². The average Bonchev–Trinajstić information content (AvgIpc) is 3.63. The topological polar surface area (TPSA) is 139 Å². The number of unbranched alkanes of at least 4 members (excludes halogenated alkanes) is 1. The van der Waals surface area contributed by atoms with Crippen molar-refractivity contribution in [2.75, 3.05) is 25.2 Å². The number of amides is 2. The van der Waals surface area contributed by atoms with Gasteiger partial charge in [-0.05, 0) is 48.1 Å². The van der Waals surface area contributed by atoms with Crippen molar-refractivity contribution in [2.45, 2.75) is 69.7 Å². The van der Waals surface area contributed by atoms with Gasteiger partial charge in [-0.15, -0.1) is 0 Å². The van der Waals surface area contributed by atoms with Gasteiger partial charge >= 0.3 is 6.09 Å². The Labute approximate surface area is 240 Å². The van der Waals surface area contributed by atoms with Crippen molar-refractivity contribution in [1.82, 2.24) is 10.2 Å². The van der Waals surface area contributed by atoms with Crippen molar-refractivity contribution >= 4 is 21.8 Å². The van der Waals surface area contributed by atoms with Crippen molar-refractivity contribution in [2.24, 2.45) is 5.73 Å². The number of nitrogens with zero attached hydrogens (tertiary/aromatic N) is 1. The van der Waals surface area contributed by atoms with Crippen LogP contribution in [0.3, 0.4) is 0 Å². The molecule has 2 aromatic rings. The molecule has 0 radical (unpaired) electrons. The smallest absolute Gasteiger partial charge is 0.407 e. The molecule has 0 saturated heterocycles. The largest absolute Gasteiger partial charge is 0.453 e. The molecule has 2 aromatic carbocycles. The molecule has 226 valence electrons. The van der Waals surface area contributed by atoms with Crippen LogP contribution in [0.4, 0.5) is 13.6 Å². The second kappa shape index (κ2) is 13.7. The quantitative estimate of drug-likeness (QED) is 0.305.